The Morgan fingerprint density at radius 2 is 1.50 bits per heavy atom. The minimum absolute atomic E-state index is 0.0679. The van der Waals surface area contributed by atoms with Crippen LogP contribution in [0.4, 0.5) is 11.4 Å². The lowest BCUT2D eigenvalue weighted by atomic mass is 9.67. The number of nitrogens with zero attached hydrogens (tertiary/aromatic N) is 6. The van der Waals surface area contributed by atoms with Gasteiger partial charge in [0.1, 0.15) is 11.8 Å². The number of hydrogen-bond donors (Lipinski definition) is 3. The maximum atomic E-state index is 14.6. The van der Waals surface area contributed by atoms with Crippen molar-refractivity contribution in [3.63, 3.8) is 0 Å². The summed E-state index contributed by atoms with van der Waals surface area (Å²) in [6.07, 6.45) is 7.78. The summed E-state index contributed by atoms with van der Waals surface area (Å²) in [7, 11) is 0. The third-order valence-electron chi connectivity index (χ3n) is 14.0. The van der Waals surface area contributed by atoms with Gasteiger partial charge in [0.15, 0.2) is 0 Å². The Morgan fingerprint density at radius 3 is 2.20 bits per heavy atom. The fourth-order valence-electron chi connectivity index (χ4n) is 10.2. The number of phenols is 1. The average Bonchev–Trinajstić information content (AvgIpc) is 3.27. The summed E-state index contributed by atoms with van der Waals surface area (Å²) in [4.78, 5) is 60.5. The monoisotopic (exact) mass is 810 g/mol. The zero-order valence-corrected chi connectivity index (χ0v) is 34.1. The molecule has 0 saturated carbocycles. The number of aromatic hydroxyl groups is 1. The minimum Gasteiger partial charge on any atom is -0.507 e. The Balaban J connectivity index is 0.747. The van der Waals surface area contributed by atoms with E-state index in [9.17, 15) is 24.3 Å². The summed E-state index contributed by atoms with van der Waals surface area (Å²) in [6.45, 7) is 6.54. The molecule has 13 nitrogen and oxygen atoms in total. The Morgan fingerprint density at radius 1 is 0.800 bits per heavy atom. The van der Waals surface area contributed by atoms with E-state index in [1.165, 1.54) is 5.56 Å². The van der Waals surface area contributed by atoms with Gasteiger partial charge in [0.25, 0.3) is 0 Å². The van der Waals surface area contributed by atoms with E-state index in [4.69, 9.17) is 0 Å². The highest BCUT2D eigenvalue weighted by atomic mass is 16.3. The molecule has 0 unspecified atom stereocenters. The van der Waals surface area contributed by atoms with Crippen molar-refractivity contribution < 1.29 is 24.3 Å². The summed E-state index contributed by atoms with van der Waals surface area (Å²) in [6, 6.07) is 27.2. The van der Waals surface area contributed by atoms with Crippen molar-refractivity contribution in [2.24, 2.45) is 5.41 Å². The van der Waals surface area contributed by atoms with Crippen molar-refractivity contribution in [1.29, 1.82) is 0 Å². The zero-order chi connectivity index (χ0) is 41.3. The molecule has 4 aromatic rings. The number of aromatic nitrogens is 2. The van der Waals surface area contributed by atoms with E-state index in [1.54, 1.807) is 18.3 Å². The van der Waals surface area contributed by atoms with Gasteiger partial charge < -0.3 is 25.1 Å². The quantitative estimate of drug-likeness (QED) is 0.199. The third kappa shape index (κ3) is 8.07. The standard InChI is InChI=1S/C47H54N8O5/c56-41-9-5-4-8-38(41)40-28-37(29-48-51-40)53-26-20-47(21-27-53,35-6-2-1-3-7-35)45(60)55-31-46(32-55)18-24-54(25-19-46)43(58)30-52-22-16-34(17-23-52)33-10-12-36(13-11-33)49-39-14-15-42(57)50-44(39)59/h1-13,28-29,34,39,49,56H,14-27,30-32H2,(H,50,57,59)/t39-/m1/s1. The highest BCUT2D eigenvalue weighted by molar-refractivity contribution is 6.01. The molecule has 13 heteroatoms. The second-order valence-corrected chi connectivity index (χ2v) is 17.6. The van der Waals surface area contributed by atoms with Gasteiger partial charge in [0.2, 0.25) is 23.6 Å². The molecule has 1 spiro atoms. The molecule has 5 saturated heterocycles. The molecule has 3 N–H and O–H groups in total. The smallest absolute Gasteiger partial charge is 0.249 e. The van der Waals surface area contributed by atoms with Gasteiger partial charge in [-0.05, 0) is 105 Å². The first-order chi connectivity index (χ1) is 29.2. The molecule has 0 aliphatic carbocycles. The molecule has 1 aromatic heterocycles. The van der Waals surface area contributed by atoms with Crippen LogP contribution < -0.4 is 15.5 Å². The average molecular weight is 811 g/mol. The van der Waals surface area contributed by atoms with Crippen molar-refractivity contribution in [3.05, 3.63) is 102 Å². The first-order valence-corrected chi connectivity index (χ1v) is 21.6. The fraction of sp³-hybridized carbons (Fsp3) is 0.447. The maximum Gasteiger partial charge on any atom is 0.249 e. The number of phenolic OH excluding ortho intramolecular Hbond substituents is 1. The molecule has 9 rings (SSSR count). The summed E-state index contributed by atoms with van der Waals surface area (Å²) < 4.78 is 0. The highest BCUT2D eigenvalue weighted by Crippen LogP contribution is 2.46. The van der Waals surface area contributed by atoms with Crippen LogP contribution in [0.1, 0.15) is 68.4 Å². The molecule has 3 aromatic carbocycles. The van der Waals surface area contributed by atoms with Gasteiger partial charge in [-0.1, -0.05) is 54.6 Å². The number of hydrogen-bond acceptors (Lipinski definition) is 10. The van der Waals surface area contributed by atoms with E-state index in [1.807, 2.05) is 53.4 Å². The van der Waals surface area contributed by atoms with Crippen LogP contribution in [-0.2, 0) is 24.6 Å². The third-order valence-corrected chi connectivity index (χ3v) is 14.0. The van der Waals surface area contributed by atoms with Gasteiger partial charge >= 0.3 is 0 Å². The number of nitrogens with one attached hydrogen (secondary N) is 2. The lowest BCUT2D eigenvalue weighted by Crippen LogP contribution is -2.66. The first-order valence-electron chi connectivity index (χ1n) is 21.6. The number of anilines is 2. The normalized spacial score (nSPS) is 21.9. The van der Waals surface area contributed by atoms with Crippen LogP contribution >= 0.6 is 0 Å². The van der Waals surface area contributed by atoms with Crippen LogP contribution in [0.3, 0.4) is 0 Å². The molecule has 312 valence electrons. The molecule has 4 amide bonds. The molecule has 0 radical (unpaired) electrons. The summed E-state index contributed by atoms with van der Waals surface area (Å²) >= 11 is 0. The Kier molecular flexibility index (Phi) is 11.0. The van der Waals surface area contributed by atoms with Crippen LogP contribution in [0, 0.1) is 5.41 Å². The lowest BCUT2D eigenvalue weighted by Gasteiger charge is -2.56. The summed E-state index contributed by atoms with van der Waals surface area (Å²) in [5, 5.41) is 24.6. The minimum atomic E-state index is -0.608. The summed E-state index contributed by atoms with van der Waals surface area (Å²) in [5.41, 5.74) is 4.85. The SMILES string of the molecule is O=C1CC[C@@H](Nc2ccc(C3CCN(CC(=O)N4CCC5(CC4)CN(C(=O)C4(c6ccccc6)CCN(c6cnnc(-c7ccccc7O)c6)CC4)C5)CC3)cc2)C(=O)N1. The maximum absolute atomic E-state index is 14.6. The number of carbonyl (C=O) groups excluding carboxylic acids is 4. The van der Waals surface area contributed by atoms with Gasteiger partial charge in [-0.3, -0.25) is 29.4 Å². The van der Waals surface area contributed by atoms with Gasteiger partial charge in [0.05, 0.1) is 29.5 Å². The van der Waals surface area contributed by atoms with Gasteiger partial charge in [-0.15, -0.1) is 0 Å². The van der Waals surface area contributed by atoms with Crippen molar-refractivity contribution in [2.75, 3.05) is 69.1 Å². The number of likely N-dealkylation sites (tertiary alicyclic amines) is 3. The van der Waals surface area contributed by atoms with Crippen molar-refractivity contribution in [3.8, 4) is 17.0 Å². The molecule has 5 aliphatic heterocycles. The van der Waals surface area contributed by atoms with Gasteiger partial charge in [-0.2, -0.15) is 10.2 Å². The molecule has 5 aliphatic rings. The zero-order valence-electron chi connectivity index (χ0n) is 34.1. The number of imide groups is 1. The predicted octanol–water partition coefficient (Wildman–Crippen LogP) is 4.94. The largest absolute Gasteiger partial charge is 0.507 e. The molecule has 6 heterocycles. The van der Waals surface area contributed by atoms with E-state index >= 15 is 0 Å². The number of amides is 4. The number of para-hydroxylation sites is 1. The van der Waals surface area contributed by atoms with Crippen LogP contribution in [0.25, 0.3) is 11.3 Å². The van der Waals surface area contributed by atoms with E-state index in [0.717, 1.165) is 81.9 Å². The molecular formula is C47H54N8O5. The molecular weight excluding hydrogens is 757 g/mol. The molecule has 0 bridgehead atoms. The highest BCUT2D eigenvalue weighted by Gasteiger charge is 2.53. The van der Waals surface area contributed by atoms with Crippen LogP contribution in [0.2, 0.25) is 0 Å². The molecule has 1 atom stereocenters. The first kappa shape index (κ1) is 39.6. The van der Waals surface area contributed by atoms with Crippen molar-refractivity contribution >= 4 is 35.0 Å². The number of carbonyl (C=O) groups is 4. The Labute approximate surface area is 351 Å². The second kappa shape index (κ2) is 16.7. The lowest BCUT2D eigenvalue weighted by molar-refractivity contribution is -0.156. The van der Waals surface area contributed by atoms with Gasteiger partial charge in [0, 0.05) is 62.4 Å². The predicted molar refractivity (Wildman–Crippen MR) is 228 cm³/mol. The van der Waals surface area contributed by atoms with E-state index in [2.05, 4.69) is 59.8 Å². The van der Waals surface area contributed by atoms with Crippen LogP contribution in [0.15, 0.2) is 91.1 Å². The topological polar surface area (TPSA) is 151 Å². The molecule has 60 heavy (non-hydrogen) atoms. The number of benzene rings is 3. The van der Waals surface area contributed by atoms with Crippen LogP contribution in [0.5, 0.6) is 5.75 Å². The summed E-state index contributed by atoms with van der Waals surface area (Å²) in [5.74, 6) is 0.516. The number of piperidine rings is 4. The second-order valence-electron chi connectivity index (χ2n) is 17.6. The van der Waals surface area contributed by atoms with Gasteiger partial charge in [-0.25, -0.2) is 0 Å². The van der Waals surface area contributed by atoms with Crippen molar-refractivity contribution in [1.82, 2.24) is 30.2 Å². The van der Waals surface area contributed by atoms with E-state index < -0.39 is 11.5 Å². The van der Waals surface area contributed by atoms with E-state index in [0.29, 0.717) is 62.5 Å². The fourth-order valence-corrected chi connectivity index (χ4v) is 10.2. The number of rotatable bonds is 9. The Hall–Kier alpha value is -5.82. The van der Waals surface area contributed by atoms with Crippen LogP contribution in [-0.4, -0.2) is 119 Å². The van der Waals surface area contributed by atoms with Crippen molar-refractivity contribution in [2.45, 2.75) is 68.7 Å². The Bertz CT molecular complexity index is 2200. The molecule has 5 fully saturated rings. The van der Waals surface area contributed by atoms with E-state index in [-0.39, 0.29) is 34.8 Å².